The highest BCUT2D eigenvalue weighted by atomic mass is 16.5. The number of hydrogen-bond donors (Lipinski definition) is 1. The van der Waals surface area contributed by atoms with Gasteiger partial charge < -0.3 is 14.8 Å². The second-order valence-electron chi connectivity index (χ2n) is 6.76. The number of anilines is 1. The molecule has 144 valence electrons. The predicted octanol–water partition coefficient (Wildman–Crippen LogP) is 2.99. The largest absolute Gasteiger partial charge is 0.497 e. The summed E-state index contributed by atoms with van der Waals surface area (Å²) in [5, 5.41) is 10.9. The van der Waals surface area contributed by atoms with Crippen LogP contribution < -0.4 is 14.8 Å². The Kier molecular flexibility index (Phi) is 5.23. The molecule has 7 heteroatoms. The number of nitrogens with one attached hydrogen (secondary N) is 1. The van der Waals surface area contributed by atoms with Crippen molar-refractivity contribution in [3.63, 3.8) is 0 Å². The molecule has 2 aromatic carbocycles. The maximum atomic E-state index is 12.2. The van der Waals surface area contributed by atoms with Gasteiger partial charge in [-0.05, 0) is 66.8 Å². The summed E-state index contributed by atoms with van der Waals surface area (Å²) in [4.78, 5) is 12.2. The van der Waals surface area contributed by atoms with E-state index in [0.29, 0.717) is 18.0 Å². The number of nitrogens with zero attached hydrogens (tertiary/aromatic N) is 3. The molecule has 0 spiro atoms. The van der Waals surface area contributed by atoms with E-state index < -0.39 is 0 Å². The van der Waals surface area contributed by atoms with E-state index in [1.54, 1.807) is 37.6 Å². The van der Waals surface area contributed by atoms with E-state index in [2.05, 4.69) is 27.8 Å². The average molecular weight is 378 g/mol. The van der Waals surface area contributed by atoms with Gasteiger partial charge in [-0.25, -0.2) is 4.68 Å². The second-order valence-corrected chi connectivity index (χ2v) is 6.76. The number of carbonyl (C=O) groups excluding carboxylic acids is 1. The number of carbonyl (C=O) groups is 1. The van der Waals surface area contributed by atoms with E-state index in [1.807, 2.05) is 6.07 Å². The van der Waals surface area contributed by atoms with E-state index >= 15 is 0 Å². The standard InChI is InChI=1S/C21H22N4O3/c1-27-19-9-6-17(7-10-19)22-21(26)13-25-12-18(23-24-25)14-28-20-8-5-15-3-2-4-16(15)11-20/h5-12H,2-4,13-14H2,1H3,(H,22,26). The number of aromatic nitrogens is 3. The number of ether oxygens (including phenoxy) is 2. The number of amides is 1. The Morgan fingerprint density at radius 2 is 1.89 bits per heavy atom. The highest BCUT2D eigenvalue weighted by Crippen LogP contribution is 2.26. The average Bonchev–Trinajstić information content (AvgIpc) is 3.35. The molecule has 4 rings (SSSR count). The fourth-order valence-electron chi connectivity index (χ4n) is 3.30. The van der Waals surface area contributed by atoms with Crippen LogP contribution in [0.5, 0.6) is 11.5 Å². The highest BCUT2D eigenvalue weighted by Gasteiger charge is 2.12. The van der Waals surface area contributed by atoms with Gasteiger partial charge in [0.2, 0.25) is 5.91 Å². The van der Waals surface area contributed by atoms with Crippen LogP contribution in [0.4, 0.5) is 5.69 Å². The van der Waals surface area contributed by atoms with Gasteiger partial charge in [-0.2, -0.15) is 0 Å². The Balaban J connectivity index is 1.29. The van der Waals surface area contributed by atoms with Crippen LogP contribution in [0.1, 0.15) is 23.2 Å². The molecule has 0 saturated carbocycles. The van der Waals surface area contributed by atoms with Crippen molar-refractivity contribution in [1.82, 2.24) is 15.0 Å². The van der Waals surface area contributed by atoms with Gasteiger partial charge in [0.15, 0.2) is 0 Å². The normalized spacial score (nSPS) is 12.5. The number of benzene rings is 2. The van der Waals surface area contributed by atoms with Crippen LogP contribution in [0.2, 0.25) is 0 Å². The van der Waals surface area contributed by atoms with Crippen molar-refractivity contribution < 1.29 is 14.3 Å². The molecular weight excluding hydrogens is 356 g/mol. The van der Waals surface area contributed by atoms with Crippen LogP contribution in [-0.2, 0) is 30.8 Å². The minimum absolute atomic E-state index is 0.0812. The van der Waals surface area contributed by atoms with Gasteiger partial charge >= 0.3 is 0 Å². The third-order valence-corrected chi connectivity index (χ3v) is 4.72. The van der Waals surface area contributed by atoms with Crippen LogP contribution >= 0.6 is 0 Å². The third kappa shape index (κ3) is 4.31. The predicted molar refractivity (Wildman–Crippen MR) is 104 cm³/mol. The lowest BCUT2D eigenvalue weighted by atomic mass is 10.1. The van der Waals surface area contributed by atoms with Crippen molar-refractivity contribution in [1.29, 1.82) is 0 Å². The topological polar surface area (TPSA) is 78.3 Å². The lowest BCUT2D eigenvalue weighted by molar-refractivity contribution is -0.116. The quantitative estimate of drug-likeness (QED) is 0.684. The van der Waals surface area contributed by atoms with Crippen molar-refractivity contribution in [2.45, 2.75) is 32.4 Å². The number of rotatable bonds is 7. The number of aryl methyl sites for hydroxylation is 2. The van der Waals surface area contributed by atoms with Gasteiger partial charge in [-0.15, -0.1) is 5.10 Å². The van der Waals surface area contributed by atoms with Gasteiger partial charge in [0, 0.05) is 5.69 Å². The summed E-state index contributed by atoms with van der Waals surface area (Å²) in [6, 6.07) is 13.4. The van der Waals surface area contributed by atoms with Crippen molar-refractivity contribution in [3.05, 3.63) is 65.5 Å². The SMILES string of the molecule is COc1ccc(NC(=O)Cn2cc(COc3ccc4c(c3)CCC4)nn2)cc1. The molecule has 1 aliphatic carbocycles. The molecule has 0 saturated heterocycles. The fourth-order valence-corrected chi connectivity index (χ4v) is 3.30. The monoisotopic (exact) mass is 378 g/mol. The first-order chi connectivity index (χ1) is 13.7. The molecule has 1 heterocycles. The first kappa shape index (κ1) is 18.0. The molecule has 0 fully saturated rings. The molecule has 0 radical (unpaired) electrons. The highest BCUT2D eigenvalue weighted by molar-refractivity contribution is 5.90. The van der Waals surface area contributed by atoms with Gasteiger partial charge in [0.1, 0.15) is 30.3 Å². The Morgan fingerprint density at radius 1 is 1.11 bits per heavy atom. The van der Waals surface area contributed by atoms with E-state index in [-0.39, 0.29) is 12.5 Å². The minimum Gasteiger partial charge on any atom is -0.497 e. The van der Waals surface area contributed by atoms with Gasteiger partial charge in [0.05, 0.1) is 13.3 Å². The fraction of sp³-hybridized carbons (Fsp3) is 0.286. The Labute approximate surface area is 163 Å². The maximum Gasteiger partial charge on any atom is 0.246 e. The van der Waals surface area contributed by atoms with Crippen LogP contribution in [0.15, 0.2) is 48.7 Å². The number of hydrogen-bond acceptors (Lipinski definition) is 5. The zero-order valence-electron chi connectivity index (χ0n) is 15.7. The molecule has 0 aliphatic heterocycles. The van der Waals surface area contributed by atoms with E-state index in [9.17, 15) is 4.79 Å². The van der Waals surface area contributed by atoms with E-state index in [0.717, 1.165) is 24.3 Å². The summed E-state index contributed by atoms with van der Waals surface area (Å²) in [5.74, 6) is 1.40. The Morgan fingerprint density at radius 3 is 2.71 bits per heavy atom. The summed E-state index contributed by atoms with van der Waals surface area (Å²) in [5.41, 5.74) is 4.17. The summed E-state index contributed by atoms with van der Waals surface area (Å²) in [7, 11) is 1.60. The minimum atomic E-state index is -0.179. The summed E-state index contributed by atoms with van der Waals surface area (Å²) < 4.78 is 12.4. The summed E-state index contributed by atoms with van der Waals surface area (Å²) in [6.07, 6.45) is 5.21. The molecule has 1 amide bonds. The van der Waals surface area contributed by atoms with Crippen LogP contribution in [0.25, 0.3) is 0 Å². The lowest BCUT2D eigenvalue weighted by Gasteiger charge is -2.06. The molecule has 3 aromatic rings. The van der Waals surface area contributed by atoms with Gasteiger partial charge in [-0.1, -0.05) is 11.3 Å². The molecule has 7 nitrogen and oxygen atoms in total. The maximum absolute atomic E-state index is 12.2. The second kappa shape index (κ2) is 8.12. The molecular formula is C21H22N4O3. The molecule has 0 bridgehead atoms. The third-order valence-electron chi connectivity index (χ3n) is 4.72. The smallest absolute Gasteiger partial charge is 0.246 e. The Bertz CT molecular complexity index is 966. The first-order valence-electron chi connectivity index (χ1n) is 9.27. The molecule has 1 N–H and O–H groups in total. The Hall–Kier alpha value is -3.35. The van der Waals surface area contributed by atoms with Crippen LogP contribution in [-0.4, -0.2) is 28.0 Å². The van der Waals surface area contributed by atoms with Gasteiger partial charge in [0.25, 0.3) is 0 Å². The number of fused-ring (bicyclic) bond motifs is 1. The molecule has 0 unspecified atom stereocenters. The molecule has 28 heavy (non-hydrogen) atoms. The molecule has 0 atom stereocenters. The van der Waals surface area contributed by atoms with Crippen molar-refractivity contribution in [2.24, 2.45) is 0 Å². The molecule has 1 aromatic heterocycles. The number of methoxy groups -OCH3 is 1. The first-order valence-corrected chi connectivity index (χ1v) is 9.27. The van der Waals surface area contributed by atoms with Gasteiger partial charge in [-0.3, -0.25) is 4.79 Å². The lowest BCUT2D eigenvalue weighted by Crippen LogP contribution is -2.19. The summed E-state index contributed by atoms with van der Waals surface area (Å²) in [6.45, 7) is 0.400. The van der Waals surface area contributed by atoms with E-state index in [4.69, 9.17) is 9.47 Å². The van der Waals surface area contributed by atoms with E-state index in [1.165, 1.54) is 22.2 Å². The van der Waals surface area contributed by atoms with Crippen molar-refractivity contribution >= 4 is 11.6 Å². The van der Waals surface area contributed by atoms with Crippen LogP contribution in [0.3, 0.4) is 0 Å². The zero-order valence-corrected chi connectivity index (χ0v) is 15.7. The summed E-state index contributed by atoms with van der Waals surface area (Å²) >= 11 is 0. The van der Waals surface area contributed by atoms with Crippen LogP contribution in [0, 0.1) is 0 Å². The van der Waals surface area contributed by atoms with Crippen molar-refractivity contribution in [2.75, 3.05) is 12.4 Å². The zero-order chi connectivity index (χ0) is 19.3. The molecule has 1 aliphatic rings. The van der Waals surface area contributed by atoms with Crippen molar-refractivity contribution in [3.8, 4) is 11.5 Å².